The van der Waals surface area contributed by atoms with Gasteiger partial charge >= 0.3 is 0 Å². The zero-order chi connectivity index (χ0) is 25.0. The van der Waals surface area contributed by atoms with Gasteiger partial charge in [-0.25, -0.2) is 18.8 Å². The number of aryl methyl sites for hydroxylation is 1. The predicted molar refractivity (Wildman–Crippen MR) is 140 cm³/mol. The van der Waals surface area contributed by atoms with Crippen LogP contribution in [0.1, 0.15) is 11.1 Å². The van der Waals surface area contributed by atoms with Gasteiger partial charge in [0.1, 0.15) is 11.7 Å². The van der Waals surface area contributed by atoms with Crippen LogP contribution < -0.4 is 9.73 Å². The molecule has 4 rings (SSSR count). The van der Waals surface area contributed by atoms with Gasteiger partial charge in [-0.1, -0.05) is 59.1 Å². The number of rotatable bonds is 7. The van der Waals surface area contributed by atoms with Crippen molar-refractivity contribution in [2.24, 2.45) is 5.10 Å². The first-order chi connectivity index (χ1) is 16.7. The van der Waals surface area contributed by atoms with Crippen molar-refractivity contribution in [3.63, 3.8) is 0 Å². The number of hydrazone groups is 1. The van der Waals surface area contributed by atoms with Gasteiger partial charge in [-0.2, -0.15) is 5.10 Å². The first-order valence-electron chi connectivity index (χ1n) is 10.5. The highest BCUT2D eigenvalue weighted by atomic mass is 35.5. The lowest BCUT2D eigenvalue weighted by atomic mass is 10.2. The van der Waals surface area contributed by atoms with Crippen molar-refractivity contribution < 1.29 is 13.2 Å². The number of sulfonamides is 1. The molecular weight excluding hydrogens is 507 g/mol. The second-order valence-electron chi connectivity index (χ2n) is 7.66. The second-order valence-corrected chi connectivity index (χ2v) is 10.3. The molecule has 0 aliphatic heterocycles. The first-order valence-corrected chi connectivity index (χ1v) is 12.7. The summed E-state index contributed by atoms with van der Waals surface area (Å²) in [4.78, 5) is 17.0. The van der Waals surface area contributed by atoms with Crippen LogP contribution in [0.2, 0.25) is 10.2 Å². The van der Waals surface area contributed by atoms with Crippen molar-refractivity contribution in [2.45, 2.75) is 11.8 Å². The molecule has 0 spiro atoms. The van der Waals surface area contributed by atoms with E-state index in [1.165, 1.54) is 30.5 Å². The number of halogens is 2. The Labute approximate surface area is 213 Å². The van der Waals surface area contributed by atoms with E-state index in [1.54, 1.807) is 30.3 Å². The van der Waals surface area contributed by atoms with Crippen LogP contribution in [0.4, 0.5) is 5.69 Å². The van der Waals surface area contributed by atoms with Gasteiger partial charge in [-0.15, -0.1) is 0 Å². The third kappa shape index (κ3) is 5.79. The van der Waals surface area contributed by atoms with Crippen LogP contribution in [0, 0.1) is 6.92 Å². The molecule has 0 bridgehead atoms. The Hall–Kier alpha value is -3.46. The van der Waals surface area contributed by atoms with E-state index >= 15 is 0 Å². The molecule has 0 radical (unpaired) electrons. The molecule has 0 fully saturated rings. The molecule has 0 unspecified atom stereocenters. The average molecular weight is 527 g/mol. The van der Waals surface area contributed by atoms with E-state index in [-0.39, 0.29) is 10.0 Å². The molecule has 1 aromatic heterocycles. The number of pyridine rings is 1. The predicted octanol–water partition coefficient (Wildman–Crippen LogP) is 5.20. The van der Waals surface area contributed by atoms with Gasteiger partial charge in [-0.05, 0) is 55.5 Å². The van der Waals surface area contributed by atoms with Gasteiger partial charge in [0.15, 0.2) is 0 Å². The smallest absolute Gasteiger partial charge is 0.264 e. The van der Waals surface area contributed by atoms with Crippen LogP contribution >= 0.6 is 23.2 Å². The number of carbonyl (C=O) groups is 1. The maximum absolute atomic E-state index is 13.4. The quantitative estimate of drug-likeness (QED) is 0.203. The van der Waals surface area contributed by atoms with Gasteiger partial charge in [0.25, 0.3) is 15.9 Å². The molecule has 0 aliphatic rings. The maximum Gasteiger partial charge on any atom is 0.264 e. The van der Waals surface area contributed by atoms with Crippen LogP contribution in [0.15, 0.2) is 88.9 Å². The van der Waals surface area contributed by atoms with Crippen LogP contribution in [-0.4, -0.2) is 32.1 Å². The summed E-state index contributed by atoms with van der Waals surface area (Å²) in [5.41, 5.74) is 4.90. The molecule has 0 saturated carbocycles. The van der Waals surface area contributed by atoms with Crippen molar-refractivity contribution in [1.29, 1.82) is 0 Å². The molecule has 178 valence electrons. The third-order valence-electron chi connectivity index (χ3n) is 5.11. The molecule has 1 amide bonds. The normalized spacial score (nSPS) is 11.6. The number of anilines is 1. The summed E-state index contributed by atoms with van der Waals surface area (Å²) >= 11 is 12.1. The molecule has 3 aromatic carbocycles. The number of benzene rings is 3. The van der Waals surface area contributed by atoms with Crippen LogP contribution in [0.3, 0.4) is 0 Å². The highest BCUT2D eigenvalue weighted by Gasteiger charge is 2.27. The summed E-state index contributed by atoms with van der Waals surface area (Å²) in [6.45, 7) is 1.39. The topological polar surface area (TPSA) is 91.7 Å². The summed E-state index contributed by atoms with van der Waals surface area (Å²) in [5.74, 6) is -0.635. The van der Waals surface area contributed by atoms with E-state index < -0.39 is 22.5 Å². The summed E-state index contributed by atoms with van der Waals surface area (Å²) in [5, 5.41) is 5.45. The molecule has 0 atom stereocenters. The Morgan fingerprint density at radius 2 is 1.71 bits per heavy atom. The van der Waals surface area contributed by atoms with Gasteiger partial charge < -0.3 is 0 Å². The molecule has 10 heteroatoms. The molecule has 1 heterocycles. The van der Waals surface area contributed by atoms with Gasteiger partial charge in [0.05, 0.1) is 22.3 Å². The monoisotopic (exact) mass is 526 g/mol. The fourth-order valence-corrected chi connectivity index (χ4v) is 5.04. The number of aromatic nitrogens is 1. The van der Waals surface area contributed by atoms with E-state index in [0.717, 1.165) is 20.8 Å². The van der Waals surface area contributed by atoms with E-state index in [2.05, 4.69) is 15.5 Å². The van der Waals surface area contributed by atoms with E-state index in [9.17, 15) is 13.2 Å². The van der Waals surface area contributed by atoms with Gasteiger partial charge in [0, 0.05) is 16.0 Å². The Balaban J connectivity index is 1.56. The fraction of sp³-hybridized carbons (Fsp3) is 0.0800. The molecule has 0 saturated heterocycles. The van der Waals surface area contributed by atoms with Gasteiger partial charge in [-0.3, -0.25) is 9.10 Å². The zero-order valence-electron chi connectivity index (χ0n) is 18.5. The molecule has 1 N–H and O–H groups in total. The van der Waals surface area contributed by atoms with Crippen molar-refractivity contribution in [2.75, 3.05) is 10.8 Å². The largest absolute Gasteiger partial charge is 0.271 e. The summed E-state index contributed by atoms with van der Waals surface area (Å²) in [6, 6.07) is 21.8. The van der Waals surface area contributed by atoms with Crippen molar-refractivity contribution in [1.82, 2.24) is 10.4 Å². The standard InChI is InChI=1S/C25H20Cl2N4O3S/c1-17-6-10-21(11-7-17)31(35(33,34)22-12-8-20(26)9-13-22)16-24(32)30-28-15-19-14-18-4-2-3-5-23(18)29-25(19)27/h2-15H,16H2,1H3,(H,30,32)/b28-15-. The number of hydrogen-bond donors (Lipinski definition) is 1. The average Bonchev–Trinajstić information content (AvgIpc) is 2.84. The van der Waals surface area contributed by atoms with E-state index in [0.29, 0.717) is 16.3 Å². The number of nitrogens with one attached hydrogen (secondary N) is 1. The Morgan fingerprint density at radius 3 is 2.43 bits per heavy atom. The minimum atomic E-state index is -4.06. The first kappa shape index (κ1) is 24.7. The lowest BCUT2D eigenvalue weighted by Gasteiger charge is -2.23. The Kier molecular flexibility index (Phi) is 7.35. The van der Waals surface area contributed by atoms with Crippen molar-refractivity contribution >= 4 is 61.9 Å². The SMILES string of the molecule is Cc1ccc(N(CC(=O)N/N=C\c2cc3ccccc3nc2Cl)S(=O)(=O)c2ccc(Cl)cc2)cc1. The number of nitrogens with zero attached hydrogens (tertiary/aromatic N) is 3. The van der Waals surface area contributed by atoms with Crippen LogP contribution in [0.5, 0.6) is 0 Å². The van der Waals surface area contributed by atoms with Crippen LogP contribution in [0.25, 0.3) is 10.9 Å². The molecule has 4 aromatic rings. The number of hydrogen-bond acceptors (Lipinski definition) is 5. The van der Waals surface area contributed by atoms with E-state index in [4.69, 9.17) is 23.2 Å². The summed E-state index contributed by atoms with van der Waals surface area (Å²) in [7, 11) is -4.06. The minimum Gasteiger partial charge on any atom is -0.271 e. The number of fused-ring (bicyclic) bond motifs is 1. The van der Waals surface area contributed by atoms with Gasteiger partial charge in [0.2, 0.25) is 0 Å². The van der Waals surface area contributed by atoms with Crippen molar-refractivity contribution in [3.05, 3.63) is 100 Å². The Bertz CT molecular complexity index is 1510. The Morgan fingerprint density at radius 1 is 1.03 bits per heavy atom. The molecule has 0 aliphatic carbocycles. The number of carbonyl (C=O) groups excluding carboxylic acids is 1. The highest BCUT2D eigenvalue weighted by Crippen LogP contribution is 2.25. The molecular formula is C25H20Cl2N4O3S. The lowest BCUT2D eigenvalue weighted by molar-refractivity contribution is -0.119. The fourth-order valence-electron chi connectivity index (χ4n) is 3.30. The van der Waals surface area contributed by atoms with Crippen LogP contribution in [-0.2, 0) is 14.8 Å². The van der Waals surface area contributed by atoms with Crippen molar-refractivity contribution in [3.8, 4) is 0 Å². The molecule has 7 nitrogen and oxygen atoms in total. The summed E-state index contributed by atoms with van der Waals surface area (Å²) < 4.78 is 27.8. The minimum absolute atomic E-state index is 0.00722. The number of para-hydroxylation sites is 1. The highest BCUT2D eigenvalue weighted by molar-refractivity contribution is 7.92. The van der Waals surface area contributed by atoms with E-state index in [1.807, 2.05) is 31.2 Å². The lowest BCUT2D eigenvalue weighted by Crippen LogP contribution is -2.39. The third-order valence-corrected chi connectivity index (χ3v) is 7.45. The number of amides is 1. The maximum atomic E-state index is 13.4. The second kappa shape index (κ2) is 10.4. The zero-order valence-corrected chi connectivity index (χ0v) is 20.8. The molecule has 35 heavy (non-hydrogen) atoms. The summed E-state index contributed by atoms with van der Waals surface area (Å²) in [6.07, 6.45) is 1.36.